The van der Waals surface area contributed by atoms with E-state index < -0.39 is 0 Å². The van der Waals surface area contributed by atoms with Gasteiger partial charge in [0.1, 0.15) is 11.4 Å². The van der Waals surface area contributed by atoms with Crippen LogP contribution in [0.15, 0.2) is 30.5 Å². The molecule has 0 spiro atoms. The lowest BCUT2D eigenvalue weighted by Crippen LogP contribution is -2.47. The number of benzene rings is 1. The lowest BCUT2D eigenvalue weighted by atomic mass is 10.0. The molecule has 1 aromatic carbocycles. The second-order valence-electron chi connectivity index (χ2n) is 8.84. The number of likely N-dealkylation sites (N-methyl/N-ethyl adjacent to an activating group) is 1. The Labute approximate surface area is 189 Å². The zero-order chi connectivity index (χ0) is 23.1. The number of carbonyl (C=O) groups excluding carboxylic acids is 1. The molecule has 2 bridgehead atoms. The molecule has 176 valence electrons. The van der Waals surface area contributed by atoms with Crippen molar-refractivity contribution in [1.82, 2.24) is 24.8 Å². The molecule has 2 N–H and O–H groups in total. The largest absolute Gasteiger partial charge is 0.508 e. The number of aryl methyl sites for hydroxylation is 1. The molecule has 0 saturated heterocycles. The van der Waals surface area contributed by atoms with Crippen LogP contribution >= 0.6 is 0 Å². The fourth-order valence-electron chi connectivity index (χ4n) is 3.98. The van der Waals surface area contributed by atoms with Crippen LogP contribution in [0.1, 0.15) is 37.9 Å². The number of phenols is 1. The Kier molecular flexibility index (Phi) is 8.60. The molecule has 1 aliphatic heterocycles. The first-order valence-electron chi connectivity index (χ1n) is 11.2. The summed E-state index contributed by atoms with van der Waals surface area (Å²) in [7, 11) is 2.03. The summed E-state index contributed by atoms with van der Waals surface area (Å²) in [5, 5.41) is 27.6. The predicted molar refractivity (Wildman–Crippen MR) is 120 cm³/mol. The Morgan fingerprint density at radius 1 is 1.31 bits per heavy atom. The molecule has 1 amide bonds. The van der Waals surface area contributed by atoms with Crippen LogP contribution in [0.25, 0.3) is 0 Å². The number of fused-ring (bicyclic) bond motifs is 2. The number of phenolic OH excluding ortho intramolecular Hbond substituents is 1. The third kappa shape index (κ3) is 6.75. The highest BCUT2D eigenvalue weighted by Crippen LogP contribution is 2.18. The van der Waals surface area contributed by atoms with Crippen molar-refractivity contribution in [3.63, 3.8) is 0 Å². The van der Waals surface area contributed by atoms with Gasteiger partial charge in [0, 0.05) is 38.5 Å². The van der Waals surface area contributed by atoms with Gasteiger partial charge in [0.25, 0.3) is 0 Å². The minimum Gasteiger partial charge on any atom is -0.508 e. The minimum absolute atomic E-state index is 0.0363. The number of hydrogen-bond acceptors (Lipinski definition) is 7. The Morgan fingerprint density at radius 2 is 2.06 bits per heavy atom. The number of aliphatic hydroxyl groups excluding tert-OH is 1. The maximum Gasteiger partial charge on any atom is 0.222 e. The maximum absolute atomic E-state index is 12.9. The number of aromatic hydroxyl groups is 1. The van der Waals surface area contributed by atoms with Crippen LogP contribution in [0.3, 0.4) is 0 Å². The van der Waals surface area contributed by atoms with Gasteiger partial charge in [0.2, 0.25) is 5.91 Å². The van der Waals surface area contributed by atoms with Crippen LogP contribution in [-0.4, -0.2) is 79.8 Å². The molecule has 3 atom stereocenters. The molecule has 0 fully saturated rings. The van der Waals surface area contributed by atoms with Gasteiger partial charge in [-0.15, -0.1) is 5.10 Å². The zero-order valence-electron chi connectivity index (χ0n) is 19.2. The molecule has 1 aromatic heterocycles. The quantitative estimate of drug-likeness (QED) is 0.697. The highest BCUT2D eigenvalue weighted by Gasteiger charge is 2.28. The number of carbonyl (C=O) groups is 1. The first-order chi connectivity index (χ1) is 15.4. The van der Waals surface area contributed by atoms with Crippen LogP contribution in [0.4, 0.5) is 0 Å². The molecular weight excluding hydrogens is 410 g/mol. The standard InChI is InChI=1S/C23H35N5O4/c1-17-11-28(18(2)15-29)23(31)5-4-10-27-13-20(24-25-27)16-32-22(17)14-26(3)12-19-6-8-21(30)9-7-19/h6-9,13,17-18,22,29-30H,4-5,10-12,14-16H2,1-3H3/t17-,18-,22-/m0/s1. The Morgan fingerprint density at radius 3 is 2.78 bits per heavy atom. The van der Waals surface area contributed by atoms with Crippen molar-refractivity contribution in [3.05, 3.63) is 41.7 Å². The summed E-state index contributed by atoms with van der Waals surface area (Å²) in [6.07, 6.45) is 2.80. The first kappa shape index (κ1) is 24.2. The lowest BCUT2D eigenvalue weighted by molar-refractivity contribution is -0.136. The van der Waals surface area contributed by atoms with Gasteiger partial charge < -0.3 is 19.8 Å². The van der Waals surface area contributed by atoms with Crippen molar-refractivity contribution < 1.29 is 19.7 Å². The van der Waals surface area contributed by atoms with E-state index >= 15 is 0 Å². The molecule has 3 rings (SSSR count). The van der Waals surface area contributed by atoms with Crippen molar-refractivity contribution in [1.29, 1.82) is 0 Å². The number of aromatic nitrogens is 3. The van der Waals surface area contributed by atoms with Gasteiger partial charge in [0.05, 0.1) is 31.6 Å². The summed E-state index contributed by atoms with van der Waals surface area (Å²) >= 11 is 0. The average molecular weight is 446 g/mol. The van der Waals surface area contributed by atoms with E-state index in [1.165, 1.54) is 0 Å². The number of hydrogen-bond donors (Lipinski definition) is 2. The van der Waals surface area contributed by atoms with Crippen LogP contribution in [-0.2, 0) is 29.2 Å². The zero-order valence-corrected chi connectivity index (χ0v) is 19.2. The second-order valence-corrected chi connectivity index (χ2v) is 8.84. The second kappa shape index (κ2) is 11.4. The van der Waals surface area contributed by atoms with E-state index in [4.69, 9.17) is 4.74 Å². The van der Waals surface area contributed by atoms with E-state index in [-0.39, 0.29) is 36.3 Å². The smallest absolute Gasteiger partial charge is 0.222 e. The van der Waals surface area contributed by atoms with E-state index in [1.807, 2.05) is 32.3 Å². The van der Waals surface area contributed by atoms with E-state index in [9.17, 15) is 15.0 Å². The third-order valence-electron chi connectivity index (χ3n) is 5.93. The Bertz CT molecular complexity index is 856. The summed E-state index contributed by atoms with van der Waals surface area (Å²) in [4.78, 5) is 16.9. The molecule has 32 heavy (non-hydrogen) atoms. The SMILES string of the molecule is C[C@H]1CN([C@@H](C)CO)C(=O)CCCn2cc(nn2)CO[C@H]1CN(C)Cc1ccc(O)cc1. The summed E-state index contributed by atoms with van der Waals surface area (Å²) < 4.78 is 8.04. The summed E-state index contributed by atoms with van der Waals surface area (Å²) in [6.45, 7) is 6.74. The van der Waals surface area contributed by atoms with Crippen LogP contribution < -0.4 is 0 Å². The molecule has 0 radical (unpaired) electrons. The summed E-state index contributed by atoms with van der Waals surface area (Å²) in [5.41, 5.74) is 1.87. The number of rotatable bonds is 6. The highest BCUT2D eigenvalue weighted by atomic mass is 16.5. The lowest BCUT2D eigenvalue weighted by Gasteiger charge is -2.35. The molecule has 2 aromatic rings. The predicted octanol–water partition coefficient (Wildman–Crippen LogP) is 1.64. The topological polar surface area (TPSA) is 104 Å². The van der Waals surface area contributed by atoms with Crippen molar-refractivity contribution in [2.45, 2.75) is 58.5 Å². The summed E-state index contributed by atoms with van der Waals surface area (Å²) in [5.74, 6) is 0.333. The van der Waals surface area contributed by atoms with E-state index in [0.29, 0.717) is 45.6 Å². The number of amides is 1. The van der Waals surface area contributed by atoms with Crippen molar-refractivity contribution >= 4 is 5.91 Å². The van der Waals surface area contributed by atoms with Gasteiger partial charge >= 0.3 is 0 Å². The molecule has 0 aliphatic carbocycles. The Balaban J connectivity index is 1.75. The molecule has 9 heteroatoms. The van der Waals surface area contributed by atoms with Crippen molar-refractivity contribution in [2.24, 2.45) is 5.92 Å². The number of aliphatic hydroxyl groups is 1. The van der Waals surface area contributed by atoms with Gasteiger partial charge in [-0.2, -0.15) is 0 Å². The average Bonchev–Trinajstić information content (AvgIpc) is 3.23. The summed E-state index contributed by atoms with van der Waals surface area (Å²) in [6, 6.07) is 6.93. The number of ether oxygens (including phenoxy) is 1. The van der Waals surface area contributed by atoms with Gasteiger partial charge in [-0.3, -0.25) is 14.4 Å². The molecule has 2 heterocycles. The highest BCUT2D eigenvalue weighted by molar-refractivity contribution is 5.76. The normalized spacial score (nSPS) is 21.7. The van der Waals surface area contributed by atoms with Crippen molar-refractivity contribution in [2.75, 3.05) is 26.7 Å². The molecule has 0 saturated carbocycles. The molecule has 1 aliphatic rings. The molecular formula is C23H35N5O4. The molecule has 9 nitrogen and oxygen atoms in total. The monoisotopic (exact) mass is 445 g/mol. The van der Waals surface area contributed by atoms with E-state index in [0.717, 1.165) is 11.3 Å². The van der Waals surface area contributed by atoms with Gasteiger partial charge in [-0.25, -0.2) is 0 Å². The van der Waals surface area contributed by atoms with E-state index in [2.05, 4.69) is 22.1 Å². The minimum atomic E-state index is -0.247. The van der Waals surface area contributed by atoms with Gasteiger partial charge in [-0.1, -0.05) is 24.3 Å². The fraction of sp³-hybridized carbons (Fsp3) is 0.609. The Hall–Kier alpha value is -2.49. The molecule has 0 unspecified atom stereocenters. The van der Waals surface area contributed by atoms with Gasteiger partial charge in [-0.05, 0) is 38.1 Å². The van der Waals surface area contributed by atoms with Crippen LogP contribution in [0, 0.1) is 5.92 Å². The third-order valence-corrected chi connectivity index (χ3v) is 5.93. The van der Waals surface area contributed by atoms with Crippen molar-refractivity contribution in [3.8, 4) is 5.75 Å². The number of nitrogens with zero attached hydrogens (tertiary/aromatic N) is 5. The maximum atomic E-state index is 12.9. The van der Waals surface area contributed by atoms with Crippen LogP contribution in [0.5, 0.6) is 5.75 Å². The first-order valence-corrected chi connectivity index (χ1v) is 11.2. The van der Waals surface area contributed by atoms with Gasteiger partial charge in [0.15, 0.2) is 0 Å². The van der Waals surface area contributed by atoms with E-state index in [1.54, 1.807) is 21.7 Å². The fourth-order valence-corrected chi connectivity index (χ4v) is 3.98. The van der Waals surface area contributed by atoms with Crippen LogP contribution in [0.2, 0.25) is 0 Å².